The van der Waals surface area contributed by atoms with E-state index in [1.165, 1.54) is 0 Å². The number of benzene rings is 2. The Kier molecular flexibility index (Phi) is 6.17. The Morgan fingerprint density at radius 3 is 2.35 bits per heavy atom. The van der Waals surface area contributed by atoms with Gasteiger partial charge in [0.05, 0.1) is 22.2 Å². The Hall–Kier alpha value is -3.49. The van der Waals surface area contributed by atoms with Crippen LogP contribution in [0.3, 0.4) is 0 Å². The summed E-state index contributed by atoms with van der Waals surface area (Å²) >= 11 is 0. The van der Waals surface area contributed by atoms with Gasteiger partial charge in [0.1, 0.15) is 0 Å². The first-order valence-electron chi connectivity index (χ1n) is 11.4. The van der Waals surface area contributed by atoms with Crippen LogP contribution in [-0.2, 0) is 16.6 Å². The lowest BCUT2D eigenvalue weighted by Gasteiger charge is -2.31. The van der Waals surface area contributed by atoms with E-state index in [-0.39, 0.29) is 11.8 Å². The molecule has 0 saturated carbocycles. The molecule has 0 bridgehead atoms. The molecule has 2 aromatic heterocycles. The molecule has 1 N–H and O–H groups in total. The van der Waals surface area contributed by atoms with Crippen molar-refractivity contribution in [2.45, 2.75) is 30.2 Å². The minimum Gasteiger partial charge on any atom is -0.348 e. The lowest BCUT2D eigenvalue weighted by atomic mass is 9.90. The molecule has 4 aromatic rings. The molecule has 1 aliphatic heterocycles. The van der Waals surface area contributed by atoms with Crippen LogP contribution in [0.5, 0.6) is 0 Å². The number of nitrogens with zero attached hydrogens (tertiary/aromatic N) is 3. The number of rotatable bonds is 6. The fourth-order valence-corrected chi connectivity index (χ4v) is 5.96. The van der Waals surface area contributed by atoms with Crippen molar-refractivity contribution in [3.63, 3.8) is 0 Å². The van der Waals surface area contributed by atoms with Gasteiger partial charge in [0, 0.05) is 25.8 Å². The molecule has 1 saturated heterocycles. The Morgan fingerprint density at radius 1 is 0.971 bits per heavy atom. The molecule has 0 radical (unpaired) electrons. The highest BCUT2D eigenvalue weighted by atomic mass is 32.2. The van der Waals surface area contributed by atoms with Gasteiger partial charge in [-0.25, -0.2) is 12.9 Å². The Morgan fingerprint density at radius 2 is 1.65 bits per heavy atom. The van der Waals surface area contributed by atoms with Crippen LogP contribution in [0.1, 0.15) is 40.2 Å². The molecule has 5 rings (SSSR count). The number of carbonyl (C=O) groups excluding carboxylic acids is 1. The third-order valence-electron chi connectivity index (χ3n) is 6.39. The van der Waals surface area contributed by atoms with Crippen LogP contribution in [0.15, 0.2) is 90.1 Å². The van der Waals surface area contributed by atoms with Gasteiger partial charge >= 0.3 is 0 Å². The quantitative estimate of drug-likeness (QED) is 0.460. The second kappa shape index (κ2) is 9.40. The van der Waals surface area contributed by atoms with Crippen molar-refractivity contribution in [3.05, 3.63) is 102 Å². The summed E-state index contributed by atoms with van der Waals surface area (Å²) in [6.45, 7) is 1.39. The lowest BCUT2D eigenvalue weighted by Crippen LogP contribution is -2.37. The van der Waals surface area contributed by atoms with E-state index in [1.54, 1.807) is 39.3 Å². The number of hydrogen-bond donors (Lipinski definition) is 1. The Balaban J connectivity index is 1.29. The van der Waals surface area contributed by atoms with Crippen LogP contribution in [0.25, 0.3) is 5.52 Å². The van der Waals surface area contributed by atoms with Crippen molar-refractivity contribution in [1.29, 1.82) is 0 Å². The predicted octanol–water partition coefficient (Wildman–Crippen LogP) is 3.83. The number of hydrogen-bond acceptors (Lipinski definition) is 4. The van der Waals surface area contributed by atoms with E-state index < -0.39 is 10.0 Å². The molecule has 1 amide bonds. The van der Waals surface area contributed by atoms with Gasteiger partial charge in [-0.15, -0.1) is 0 Å². The molecule has 34 heavy (non-hydrogen) atoms. The van der Waals surface area contributed by atoms with Crippen molar-refractivity contribution in [2.24, 2.45) is 0 Å². The Bertz CT molecular complexity index is 1390. The van der Waals surface area contributed by atoms with Crippen LogP contribution in [0.4, 0.5) is 0 Å². The van der Waals surface area contributed by atoms with Crippen LogP contribution >= 0.6 is 0 Å². The summed E-state index contributed by atoms with van der Waals surface area (Å²) in [5, 5.41) is 7.29. The van der Waals surface area contributed by atoms with Gasteiger partial charge < -0.3 is 5.32 Å². The van der Waals surface area contributed by atoms with Crippen LogP contribution in [0, 0.1) is 0 Å². The zero-order valence-electron chi connectivity index (χ0n) is 18.7. The van der Waals surface area contributed by atoms with E-state index in [9.17, 15) is 13.2 Å². The van der Waals surface area contributed by atoms with Gasteiger partial charge in [-0.3, -0.25) is 4.79 Å². The number of piperidine rings is 1. The topological polar surface area (TPSA) is 83.8 Å². The number of sulfonamides is 1. The largest absolute Gasteiger partial charge is 0.348 e. The van der Waals surface area contributed by atoms with Crippen molar-refractivity contribution in [1.82, 2.24) is 19.2 Å². The van der Waals surface area contributed by atoms with Gasteiger partial charge in [0.2, 0.25) is 10.0 Å². The molecule has 0 spiro atoms. The van der Waals surface area contributed by atoms with Crippen LogP contribution in [0.2, 0.25) is 0 Å². The summed E-state index contributed by atoms with van der Waals surface area (Å²) in [7, 11) is -3.47. The minimum absolute atomic E-state index is 0.167. The maximum Gasteiger partial charge on any atom is 0.255 e. The van der Waals surface area contributed by atoms with E-state index in [0.29, 0.717) is 30.1 Å². The molecule has 8 heteroatoms. The molecular formula is C26H26N4O3S. The number of fused-ring (bicyclic) bond motifs is 1. The third-order valence-corrected chi connectivity index (χ3v) is 8.31. The zero-order chi connectivity index (χ0) is 23.5. The summed E-state index contributed by atoms with van der Waals surface area (Å²) in [5.41, 5.74) is 3.41. The predicted molar refractivity (Wildman–Crippen MR) is 130 cm³/mol. The number of aromatic nitrogens is 2. The number of carbonyl (C=O) groups is 1. The monoisotopic (exact) mass is 474 g/mol. The van der Waals surface area contributed by atoms with E-state index in [2.05, 4.69) is 10.4 Å². The second-order valence-corrected chi connectivity index (χ2v) is 10.4. The van der Waals surface area contributed by atoms with Gasteiger partial charge in [0.25, 0.3) is 5.91 Å². The van der Waals surface area contributed by atoms with E-state index in [1.807, 2.05) is 54.7 Å². The fraction of sp³-hybridized carbons (Fsp3) is 0.231. The molecule has 0 unspecified atom stereocenters. The zero-order valence-corrected chi connectivity index (χ0v) is 19.5. The molecule has 0 atom stereocenters. The molecule has 3 heterocycles. The van der Waals surface area contributed by atoms with Gasteiger partial charge in [-0.2, -0.15) is 9.40 Å². The van der Waals surface area contributed by atoms with E-state index >= 15 is 0 Å². The van der Waals surface area contributed by atoms with Gasteiger partial charge in [0.15, 0.2) is 0 Å². The fourth-order valence-electron chi connectivity index (χ4n) is 4.47. The molecular weight excluding hydrogens is 448 g/mol. The number of amides is 1. The summed E-state index contributed by atoms with van der Waals surface area (Å²) in [4.78, 5) is 13.2. The summed E-state index contributed by atoms with van der Waals surface area (Å²) in [6.07, 6.45) is 4.91. The summed E-state index contributed by atoms with van der Waals surface area (Å²) < 4.78 is 29.1. The minimum atomic E-state index is -3.47. The molecule has 174 valence electrons. The molecule has 1 fully saturated rings. The van der Waals surface area contributed by atoms with Crippen molar-refractivity contribution in [2.75, 3.05) is 13.1 Å². The highest BCUT2D eigenvalue weighted by molar-refractivity contribution is 7.89. The summed E-state index contributed by atoms with van der Waals surface area (Å²) in [6, 6.07) is 22.4. The third kappa shape index (κ3) is 4.47. The molecule has 1 aliphatic rings. The molecule has 7 nitrogen and oxygen atoms in total. The Labute approximate surface area is 199 Å². The smallest absolute Gasteiger partial charge is 0.255 e. The van der Waals surface area contributed by atoms with Crippen LogP contribution < -0.4 is 5.32 Å². The first kappa shape index (κ1) is 22.3. The maximum atomic E-state index is 12.9. The SMILES string of the molecule is O=C(NCc1ccccc1)c1cnn2ccc(C3CCN(S(=O)(=O)c4ccccc4)CC3)cc12. The lowest BCUT2D eigenvalue weighted by molar-refractivity contribution is 0.0952. The average Bonchev–Trinajstić information content (AvgIpc) is 3.32. The standard InChI is InChI=1S/C26H26N4O3S/c31-26(27-18-20-7-3-1-4-8-20)24-19-28-30-16-13-22(17-25(24)30)21-11-14-29(15-12-21)34(32,33)23-9-5-2-6-10-23/h1-10,13,16-17,19,21H,11-12,14-15,18H2,(H,27,31). The normalized spacial score (nSPS) is 15.4. The average molecular weight is 475 g/mol. The first-order valence-corrected chi connectivity index (χ1v) is 12.8. The van der Waals surface area contributed by atoms with Crippen molar-refractivity contribution < 1.29 is 13.2 Å². The van der Waals surface area contributed by atoms with Crippen molar-refractivity contribution >= 4 is 21.4 Å². The van der Waals surface area contributed by atoms with E-state index in [4.69, 9.17) is 0 Å². The summed E-state index contributed by atoms with van der Waals surface area (Å²) in [5.74, 6) is 0.0575. The number of pyridine rings is 1. The maximum absolute atomic E-state index is 12.9. The van der Waals surface area contributed by atoms with Crippen LogP contribution in [-0.4, -0.2) is 41.3 Å². The highest BCUT2D eigenvalue weighted by Gasteiger charge is 2.30. The highest BCUT2D eigenvalue weighted by Crippen LogP contribution is 2.31. The second-order valence-electron chi connectivity index (χ2n) is 8.51. The molecule has 2 aromatic carbocycles. The van der Waals surface area contributed by atoms with Gasteiger partial charge in [-0.05, 0) is 54.2 Å². The first-order chi connectivity index (χ1) is 16.5. The molecule has 0 aliphatic carbocycles. The van der Waals surface area contributed by atoms with Crippen molar-refractivity contribution in [3.8, 4) is 0 Å². The number of nitrogens with one attached hydrogen (secondary N) is 1. The van der Waals surface area contributed by atoms with E-state index in [0.717, 1.165) is 29.5 Å². The van der Waals surface area contributed by atoms with Gasteiger partial charge in [-0.1, -0.05) is 48.5 Å².